The zero-order valence-corrected chi connectivity index (χ0v) is 14.3. The average Bonchev–Trinajstić information content (AvgIpc) is 2.42. The Morgan fingerprint density at radius 3 is 2.71 bits per heavy atom. The summed E-state index contributed by atoms with van der Waals surface area (Å²) in [6.45, 7) is 1.93. The number of hydrogen-bond donors (Lipinski definition) is 2. The topological polar surface area (TPSA) is 41.1 Å². The molecule has 0 aliphatic heterocycles. The summed E-state index contributed by atoms with van der Waals surface area (Å²) in [6, 6.07) is 12.5. The maximum absolute atomic E-state index is 12.1. The van der Waals surface area contributed by atoms with Gasteiger partial charge in [0.15, 0.2) is 5.11 Å². The molecule has 0 saturated carbocycles. The molecule has 0 radical (unpaired) electrons. The van der Waals surface area contributed by atoms with E-state index in [1.165, 1.54) is 0 Å². The predicted molar refractivity (Wildman–Crippen MR) is 94.0 cm³/mol. The SMILES string of the molecule is Cc1ccc(Cl)cc1NC(=S)NC(=O)c1cccc(Br)c1. The van der Waals surface area contributed by atoms with E-state index in [-0.39, 0.29) is 11.0 Å². The Balaban J connectivity index is 2.05. The number of thiocarbonyl (C=S) groups is 1. The van der Waals surface area contributed by atoms with E-state index >= 15 is 0 Å². The number of anilines is 1. The molecular formula is C15H12BrClN2OS. The molecule has 0 aromatic heterocycles. The fraction of sp³-hybridized carbons (Fsp3) is 0.0667. The van der Waals surface area contributed by atoms with Crippen LogP contribution in [0.5, 0.6) is 0 Å². The van der Waals surface area contributed by atoms with Gasteiger partial charge in [-0.15, -0.1) is 0 Å². The molecule has 0 spiro atoms. The van der Waals surface area contributed by atoms with Gasteiger partial charge < -0.3 is 5.32 Å². The average molecular weight is 384 g/mol. The van der Waals surface area contributed by atoms with E-state index in [9.17, 15) is 4.79 Å². The van der Waals surface area contributed by atoms with Crippen molar-refractivity contribution in [2.24, 2.45) is 0 Å². The zero-order valence-electron chi connectivity index (χ0n) is 11.1. The van der Waals surface area contributed by atoms with Gasteiger partial charge in [-0.3, -0.25) is 10.1 Å². The van der Waals surface area contributed by atoms with Crippen LogP contribution in [-0.2, 0) is 0 Å². The van der Waals surface area contributed by atoms with Gasteiger partial charge in [0.05, 0.1) is 0 Å². The molecule has 21 heavy (non-hydrogen) atoms. The van der Waals surface area contributed by atoms with E-state index < -0.39 is 0 Å². The van der Waals surface area contributed by atoms with Crippen LogP contribution in [0.15, 0.2) is 46.9 Å². The van der Waals surface area contributed by atoms with Crippen LogP contribution >= 0.6 is 39.7 Å². The van der Waals surface area contributed by atoms with Gasteiger partial charge in [0.2, 0.25) is 0 Å². The molecule has 1 amide bonds. The van der Waals surface area contributed by atoms with Crippen molar-refractivity contribution in [1.82, 2.24) is 5.32 Å². The van der Waals surface area contributed by atoms with Crippen molar-refractivity contribution in [3.8, 4) is 0 Å². The molecule has 2 rings (SSSR count). The minimum Gasteiger partial charge on any atom is -0.332 e. The lowest BCUT2D eigenvalue weighted by molar-refractivity contribution is 0.0977. The third-order valence-corrected chi connectivity index (χ3v) is 3.69. The first-order chi connectivity index (χ1) is 9.95. The number of hydrogen-bond acceptors (Lipinski definition) is 2. The van der Waals surface area contributed by atoms with Crippen molar-refractivity contribution in [3.63, 3.8) is 0 Å². The highest BCUT2D eigenvalue weighted by atomic mass is 79.9. The minimum atomic E-state index is -0.270. The molecule has 0 aliphatic carbocycles. The second-order valence-electron chi connectivity index (χ2n) is 4.38. The van der Waals surface area contributed by atoms with Gasteiger partial charge in [-0.2, -0.15) is 0 Å². The Bertz CT molecular complexity index is 706. The molecule has 3 nitrogen and oxygen atoms in total. The third-order valence-electron chi connectivity index (χ3n) is 2.76. The smallest absolute Gasteiger partial charge is 0.257 e. The third kappa shape index (κ3) is 4.52. The summed E-state index contributed by atoms with van der Waals surface area (Å²) in [5, 5.41) is 6.43. The number of amides is 1. The Morgan fingerprint density at radius 1 is 1.24 bits per heavy atom. The minimum absolute atomic E-state index is 0.227. The molecular weight excluding hydrogens is 372 g/mol. The first-order valence-electron chi connectivity index (χ1n) is 6.10. The van der Waals surface area contributed by atoms with E-state index in [1.807, 2.05) is 19.1 Å². The predicted octanol–water partition coefficient (Wildman–Crippen LogP) is 4.54. The molecule has 0 aliphatic rings. The number of nitrogens with one attached hydrogen (secondary N) is 2. The highest BCUT2D eigenvalue weighted by Crippen LogP contribution is 2.20. The van der Waals surface area contributed by atoms with E-state index in [4.69, 9.17) is 23.8 Å². The molecule has 6 heteroatoms. The second-order valence-corrected chi connectivity index (χ2v) is 6.14. The molecule has 0 heterocycles. The van der Waals surface area contributed by atoms with Crippen LogP contribution in [0.25, 0.3) is 0 Å². The summed E-state index contributed by atoms with van der Waals surface area (Å²) in [5.74, 6) is -0.270. The summed E-state index contributed by atoms with van der Waals surface area (Å²) < 4.78 is 0.833. The monoisotopic (exact) mass is 382 g/mol. The van der Waals surface area contributed by atoms with Crippen LogP contribution in [0.2, 0.25) is 5.02 Å². The molecule has 2 aromatic carbocycles. The van der Waals surface area contributed by atoms with Crippen molar-refractivity contribution >= 4 is 56.5 Å². The molecule has 2 aromatic rings. The number of aryl methyl sites for hydroxylation is 1. The Labute approximate surface area is 141 Å². The van der Waals surface area contributed by atoms with Gasteiger partial charge in [0, 0.05) is 20.7 Å². The summed E-state index contributed by atoms with van der Waals surface area (Å²) in [4.78, 5) is 12.1. The van der Waals surface area contributed by atoms with E-state index in [0.29, 0.717) is 10.6 Å². The van der Waals surface area contributed by atoms with Crippen molar-refractivity contribution < 1.29 is 4.79 Å². The summed E-state index contributed by atoms with van der Waals surface area (Å²) in [6.07, 6.45) is 0. The lowest BCUT2D eigenvalue weighted by Crippen LogP contribution is -2.34. The van der Waals surface area contributed by atoms with Crippen LogP contribution in [0.1, 0.15) is 15.9 Å². The van der Waals surface area contributed by atoms with Crippen LogP contribution in [0.4, 0.5) is 5.69 Å². The molecule has 0 fully saturated rings. The quantitative estimate of drug-likeness (QED) is 0.748. The van der Waals surface area contributed by atoms with E-state index in [0.717, 1.165) is 15.7 Å². The molecule has 0 atom stereocenters. The molecule has 108 valence electrons. The van der Waals surface area contributed by atoms with E-state index in [1.54, 1.807) is 30.3 Å². The Kier molecular flexibility index (Phi) is 5.33. The fourth-order valence-electron chi connectivity index (χ4n) is 1.69. The summed E-state index contributed by atoms with van der Waals surface area (Å²) >= 11 is 14.4. The highest BCUT2D eigenvalue weighted by molar-refractivity contribution is 9.10. The first kappa shape index (κ1) is 15.9. The van der Waals surface area contributed by atoms with Gasteiger partial charge >= 0.3 is 0 Å². The number of rotatable bonds is 2. The van der Waals surface area contributed by atoms with Crippen molar-refractivity contribution in [3.05, 3.63) is 63.1 Å². The Morgan fingerprint density at radius 2 is 2.00 bits per heavy atom. The maximum Gasteiger partial charge on any atom is 0.257 e. The number of benzene rings is 2. The van der Waals surface area contributed by atoms with Crippen molar-refractivity contribution in [2.45, 2.75) is 6.92 Å². The maximum atomic E-state index is 12.1. The zero-order chi connectivity index (χ0) is 15.4. The van der Waals surface area contributed by atoms with E-state index in [2.05, 4.69) is 26.6 Å². The Hall–Kier alpha value is -1.43. The fourth-order valence-corrected chi connectivity index (χ4v) is 2.46. The largest absolute Gasteiger partial charge is 0.332 e. The normalized spacial score (nSPS) is 10.0. The second kappa shape index (κ2) is 7.02. The summed E-state index contributed by atoms with van der Waals surface area (Å²) in [7, 11) is 0. The van der Waals surface area contributed by atoms with Crippen LogP contribution in [0.3, 0.4) is 0 Å². The van der Waals surface area contributed by atoms with Gasteiger partial charge in [0.1, 0.15) is 0 Å². The molecule has 0 unspecified atom stereocenters. The standard InChI is InChI=1S/C15H12BrClN2OS/c1-9-5-6-12(17)8-13(9)18-15(21)19-14(20)10-3-2-4-11(16)7-10/h2-8H,1H3,(H2,18,19,20,21). The van der Waals surface area contributed by atoms with Gasteiger partial charge in [-0.25, -0.2) is 0 Å². The molecule has 2 N–H and O–H groups in total. The first-order valence-corrected chi connectivity index (χ1v) is 7.67. The van der Waals surface area contributed by atoms with Gasteiger partial charge in [-0.05, 0) is 55.0 Å². The lowest BCUT2D eigenvalue weighted by Gasteiger charge is -2.12. The van der Waals surface area contributed by atoms with Crippen molar-refractivity contribution in [2.75, 3.05) is 5.32 Å². The van der Waals surface area contributed by atoms with Crippen LogP contribution in [-0.4, -0.2) is 11.0 Å². The van der Waals surface area contributed by atoms with Crippen LogP contribution in [0, 0.1) is 6.92 Å². The lowest BCUT2D eigenvalue weighted by atomic mass is 10.2. The van der Waals surface area contributed by atoms with Crippen LogP contribution < -0.4 is 10.6 Å². The van der Waals surface area contributed by atoms with Gasteiger partial charge in [0.25, 0.3) is 5.91 Å². The molecule has 0 bridgehead atoms. The number of carbonyl (C=O) groups excluding carboxylic acids is 1. The number of carbonyl (C=O) groups is 1. The van der Waals surface area contributed by atoms with Gasteiger partial charge in [-0.1, -0.05) is 39.7 Å². The summed E-state index contributed by atoms with van der Waals surface area (Å²) in [5.41, 5.74) is 2.27. The highest BCUT2D eigenvalue weighted by Gasteiger charge is 2.09. The number of halogens is 2. The molecule has 0 saturated heterocycles. The van der Waals surface area contributed by atoms with Crippen molar-refractivity contribution in [1.29, 1.82) is 0 Å².